The molecule has 13 heavy (non-hydrogen) atoms. The van der Waals surface area contributed by atoms with Crippen LogP contribution in [-0.2, 0) is 20.4 Å². The molecule has 0 radical (unpaired) electrons. The van der Waals surface area contributed by atoms with Gasteiger partial charge in [-0.2, -0.15) is 17.5 Å². The zero-order valence-corrected chi connectivity index (χ0v) is 8.90. The molecule has 0 spiro atoms. The molecule has 0 amide bonds. The van der Waals surface area contributed by atoms with Crippen LogP contribution >= 0.6 is 0 Å². The summed E-state index contributed by atoms with van der Waals surface area (Å²) in [6, 6.07) is 14.7. The summed E-state index contributed by atoms with van der Waals surface area (Å²) in [6.45, 7) is 6.50. The minimum atomic E-state index is 0. The van der Waals surface area contributed by atoms with Crippen LogP contribution in [-0.4, -0.2) is 0 Å². The van der Waals surface area contributed by atoms with Crippen LogP contribution in [0.5, 0.6) is 0 Å². The number of rotatable bonds is 0. The van der Waals surface area contributed by atoms with Crippen molar-refractivity contribution in [1.82, 2.24) is 0 Å². The molecule has 0 atom stereocenters. The molecule has 2 rings (SSSR count). The van der Waals surface area contributed by atoms with Crippen molar-refractivity contribution in [3.05, 3.63) is 62.0 Å². The van der Waals surface area contributed by atoms with E-state index >= 15 is 0 Å². The van der Waals surface area contributed by atoms with E-state index in [0.29, 0.717) is 0 Å². The van der Waals surface area contributed by atoms with E-state index in [9.17, 15) is 0 Å². The molecule has 1 heteroatoms. The fourth-order valence-corrected chi connectivity index (χ4v) is 1.07. The minimum Gasteiger partial charge on any atom is -0.245 e. The van der Waals surface area contributed by atoms with Crippen molar-refractivity contribution >= 4 is 10.8 Å². The number of hydrogen-bond donors (Lipinski definition) is 0. The fourth-order valence-electron chi connectivity index (χ4n) is 1.07. The Kier molecular flexibility index (Phi) is 6.14. The van der Waals surface area contributed by atoms with Gasteiger partial charge in [0.25, 0.3) is 0 Å². The zero-order valence-electron chi connectivity index (χ0n) is 7.35. The summed E-state index contributed by atoms with van der Waals surface area (Å²) in [5.41, 5.74) is 0. The molecule has 70 valence electrons. The second-order valence-electron chi connectivity index (χ2n) is 2.44. The Bertz CT molecular complexity index is 316. The molecule has 0 heterocycles. The third kappa shape index (κ3) is 3.55. The van der Waals surface area contributed by atoms with Crippen molar-refractivity contribution in [2.24, 2.45) is 0 Å². The molecule has 0 saturated heterocycles. The quantitative estimate of drug-likeness (QED) is 0.503. The summed E-state index contributed by atoms with van der Waals surface area (Å²) in [4.78, 5) is 0. The van der Waals surface area contributed by atoms with Gasteiger partial charge in [-0.3, -0.25) is 0 Å². The Morgan fingerprint density at radius 3 is 2.46 bits per heavy atom. The smallest absolute Gasteiger partial charge is 0.245 e. The van der Waals surface area contributed by atoms with Crippen LogP contribution in [0.2, 0.25) is 0 Å². The van der Waals surface area contributed by atoms with E-state index in [-0.39, 0.29) is 20.4 Å². The second kappa shape index (κ2) is 6.60. The summed E-state index contributed by atoms with van der Waals surface area (Å²) in [6.07, 6.45) is 1.50. The van der Waals surface area contributed by atoms with Gasteiger partial charge in [0.15, 0.2) is 0 Å². The van der Waals surface area contributed by atoms with Crippen molar-refractivity contribution in [2.45, 2.75) is 0 Å². The molecule has 2 aromatic carbocycles. The third-order valence-corrected chi connectivity index (χ3v) is 1.55. The first kappa shape index (κ1) is 12.1. The molecule has 0 unspecified atom stereocenters. The van der Waals surface area contributed by atoms with Crippen molar-refractivity contribution in [3.63, 3.8) is 0 Å². The van der Waals surface area contributed by atoms with Gasteiger partial charge in [-0.25, -0.2) is 19.6 Å². The number of benzene rings is 1. The maximum absolute atomic E-state index is 3.25. The van der Waals surface area contributed by atoms with Crippen LogP contribution in [0.15, 0.2) is 55.1 Å². The van der Waals surface area contributed by atoms with Crippen molar-refractivity contribution in [1.29, 1.82) is 0 Å². The second-order valence-corrected chi connectivity index (χ2v) is 2.44. The summed E-state index contributed by atoms with van der Waals surface area (Å²) in [7, 11) is 0. The van der Waals surface area contributed by atoms with Gasteiger partial charge in [0.1, 0.15) is 0 Å². The first-order valence-corrected chi connectivity index (χ1v) is 3.89. The molecule has 0 fully saturated rings. The van der Waals surface area contributed by atoms with E-state index < -0.39 is 0 Å². The Morgan fingerprint density at radius 1 is 1.23 bits per heavy atom. The molecular weight excluding hydrogens is 251 g/mol. The van der Waals surface area contributed by atoms with Gasteiger partial charge < -0.3 is 0 Å². The minimum absolute atomic E-state index is 0. The van der Waals surface area contributed by atoms with E-state index in [4.69, 9.17) is 0 Å². The average molecular weight is 263 g/mol. The standard InChI is InChI=1S/C9H7.C3H5.Pd/c1-2-5-9-7-3-6-8(9)4-1;1-3-2;/h1-7H;3H,1-2H2;/q2*-1;+2. The molecular formula is C12H12Pd. The number of allylic oxidation sites excluding steroid dienone is 1. The van der Waals surface area contributed by atoms with E-state index in [0.717, 1.165) is 0 Å². The first-order valence-electron chi connectivity index (χ1n) is 3.89. The van der Waals surface area contributed by atoms with Crippen molar-refractivity contribution in [2.75, 3.05) is 0 Å². The van der Waals surface area contributed by atoms with Crippen LogP contribution < -0.4 is 0 Å². The van der Waals surface area contributed by atoms with E-state index in [1.165, 1.54) is 16.8 Å². The van der Waals surface area contributed by atoms with Gasteiger partial charge in [0, 0.05) is 0 Å². The summed E-state index contributed by atoms with van der Waals surface area (Å²) < 4.78 is 0. The number of fused-ring (bicyclic) bond motifs is 1. The molecule has 0 bridgehead atoms. The first-order chi connectivity index (χ1) is 5.88. The third-order valence-electron chi connectivity index (χ3n) is 1.55. The normalized spacial score (nSPS) is 8.00. The van der Waals surface area contributed by atoms with Crippen LogP contribution in [0.25, 0.3) is 10.8 Å². The van der Waals surface area contributed by atoms with Crippen molar-refractivity contribution < 1.29 is 20.4 Å². The van der Waals surface area contributed by atoms with Crippen LogP contribution in [0.4, 0.5) is 0 Å². The van der Waals surface area contributed by atoms with E-state index in [2.05, 4.69) is 56.0 Å². The Balaban J connectivity index is 0.000000324. The van der Waals surface area contributed by atoms with Crippen LogP contribution in [0.1, 0.15) is 0 Å². The predicted octanol–water partition coefficient (Wildman–Crippen LogP) is 3.56. The monoisotopic (exact) mass is 262 g/mol. The van der Waals surface area contributed by atoms with Gasteiger partial charge in [0.05, 0.1) is 0 Å². The topological polar surface area (TPSA) is 0 Å². The van der Waals surface area contributed by atoms with Gasteiger partial charge in [-0.15, -0.1) is 29.7 Å². The largest absolute Gasteiger partial charge is 2.00 e. The Hall–Kier alpha value is -0.898. The zero-order chi connectivity index (χ0) is 8.81. The molecule has 2 aromatic rings. The molecule has 0 nitrogen and oxygen atoms in total. The molecule has 0 aliphatic heterocycles. The Morgan fingerprint density at radius 2 is 1.85 bits per heavy atom. The van der Waals surface area contributed by atoms with Gasteiger partial charge in [0.2, 0.25) is 0 Å². The van der Waals surface area contributed by atoms with Gasteiger partial charge in [-0.05, 0) is 0 Å². The molecule has 0 saturated carbocycles. The average Bonchev–Trinajstić information content (AvgIpc) is 2.52. The van der Waals surface area contributed by atoms with Gasteiger partial charge >= 0.3 is 20.4 Å². The van der Waals surface area contributed by atoms with Crippen LogP contribution in [0.3, 0.4) is 0 Å². The fraction of sp³-hybridized carbons (Fsp3) is 0. The number of hydrogen-bond acceptors (Lipinski definition) is 0. The van der Waals surface area contributed by atoms with Crippen molar-refractivity contribution in [3.8, 4) is 0 Å². The van der Waals surface area contributed by atoms with E-state index in [1.54, 1.807) is 0 Å². The Labute approximate surface area is 93.3 Å². The maximum atomic E-state index is 3.25. The predicted molar refractivity (Wildman–Crippen MR) is 55.1 cm³/mol. The van der Waals surface area contributed by atoms with E-state index in [1.807, 2.05) is 0 Å². The van der Waals surface area contributed by atoms with Gasteiger partial charge in [-0.1, -0.05) is 6.07 Å². The molecule has 0 aromatic heterocycles. The van der Waals surface area contributed by atoms with Crippen LogP contribution in [0, 0.1) is 6.92 Å². The summed E-state index contributed by atoms with van der Waals surface area (Å²) >= 11 is 0. The summed E-state index contributed by atoms with van der Waals surface area (Å²) in [5, 5.41) is 2.66. The SMILES string of the molecule is C=C[CH2-].[Pd+2].c1ccc2[cH-]ccc2c1. The maximum Gasteiger partial charge on any atom is 2.00 e. The molecule has 0 N–H and O–H groups in total. The molecule has 0 aliphatic rings. The summed E-state index contributed by atoms with van der Waals surface area (Å²) in [5.74, 6) is 0. The molecule has 0 aliphatic carbocycles.